The van der Waals surface area contributed by atoms with Crippen molar-refractivity contribution in [2.75, 3.05) is 39.6 Å². The van der Waals surface area contributed by atoms with Crippen LogP contribution in [-0.4, -0.2) is 39.6 Å². The second-order valence-corrected chi connectivity index (χ2v) is 5.86. The predicted molar refractivity (Wildman–Crippen MR) is 103 cm³/mol. The van der Waals surface area contributed by atoms with Gasteiger partial charge in [-0.2, -0.15) is 0 Å². The molecule has 0 spiro atoms. The first-order chi connectivity index (χ1) is 13.8. The van der Waals surface area contributed by atoms with Crippen molar-refractivity contribution in [3.8, 4) is 0 Å². The van der Waals surface area contributed by atoms with Crippen molar-refractivity contribution >= 4 is 11.4 Å². The van der Waals surface area contributed by atoms with Gasteiger partial charge in [-0.1, -0.05) is 0 Å². The van der Waals surface area contributed by atoms with Crippen molar-refractivity contribution < 1.29 is 18.9 Å². The van der Waals surface area contributed by atoms with Crippen molar-refractivity contribution in [1.29, 1.82) is 10.8 Å². The Balaban J connectivity index is 1.37. The molecule has 0 saturated carbocycles. The van der Waals surface area contributed by atoms with Gasteiger partial charge in [0.2, 0.25) is 10.8 Å². The van der Waals surface area contributed by atoms with E-state index in [1.807, 2.05) is 24.3 Å². The largest absolute Gasteiger partial charge is 0.385 e. The van der Waals surface area contributed by atoms with Crippen molar-refractivity contribution in [2.45, 2.75) is 13.2 Å². The molecule has 28 heavy (non-hydrogen) atoms. The van der Waals surface area contributed by atoms with Crippen LogP contribution in [0, 0.1) is 10.8 Å². The van der Waals surface area contributed by atoms with Crippen LogP contribution >= 0.6 is 0 Å². The lowest BCUT2D eigenvalue weighted by molar-refractivity contribution is -0.00618. The van der Waals surface area contributed by atoms with Gasteiger partial charge in [-0.3, -0.25) is 0 Å². The molecule has 2 rings (SSSR count). The molecular weight excluding hydrogens is 360 g/mol. The molecule has 0 saturated heterocycles. The number of benzene rings is 2. The minimum absolute atomic E-state index is 0.487. The van der Waals surface area contributed by atoms with Crippen molar-refractivity contribution in [3.05, 3.63) is 69.6 Å². The summed E-state index contributed by atoms with van der Waals surface area (Å²) in [5, 5.41) is 17.2. The smallest absolute Gasteiger partial charge is 0.377 e. The maximum absolute atomic E-state index is 8.62. The molecule has 0 aliphatic carbocycles. The zero-order valence-electron chi connectivity index (χ0n) is 15.7. The van der Waals surface area contributed by atoms with E-state index >= 15 is 0 Å². The number of ether oxygens (including phenoxy) is 4. The molecule has 0 bridgehead atoms. The second-order valence-electron chi connectivity index (χ2n) is 5.86. The zero-order chi connectivity index (χ0) is 19.9. The fourth-order valence-electron chi connectivity index (χ4n) is 2.26. The zero-order valence-corrected chi connectivity index (χ0v) is 15.7. The van der Waals surface area contributed by atoms with Crippen LogP contribution in [0.1, 0.15) is 11.1 Å². The monoisotopic (exact) mass is 384 g/mol. The molecule has 0 fully saturated rings. The van der Waals surface area contributed by atoms with Crippen LogP contribution in [-0.2, 0) is 32.2 Å². The maximum atomic E-state index is 8.62. The van der Waals surface area contributed by atoms with E-state index in [-0.39, 0.29) is 0 Å². The van der Waals surface area contributed by atoms with Gasteiger partial charge in [-0.25, -0.2) is 0 Å². The Labute approximate surface area is 164 Å². The Morgan fingerprint density at radius 1 is 0.500 bits per heavy atom. The molecule has 0 aliphatic heterocycles. The van der Waals surface area contributed by atoms with Gasteiger partial charge in [-0.15, -0.1) is 0 Å². The third-order valence-corrected chi connectivity index (χ3v) is 3.76. The molecule has 8 nitrogen and oxygen atoms in total. The summed E-state index contributed by atoms with van der Waals surface area (Å²) in [6.07, 6.45) is 0. The summed E-state index contributed by atoms with van der Waals surface area (Å²) in [4.78, 5) is 6.20. The van der Waals surface area contributed by atoms with Crippen LogP contribution in [0.5, 0.6) is 0 Å². The van der Waals surface area contributed by atoms with E-state index in [1.165, 1.54) is 0 Å². The van der Waals surface area contributed by atoms with Gasteiger partial charge in [-0.05, 0) is 35.4 Å². The fourth-order valence-corrected chi connectivity index (χ4v) is 2.26. The standard InChI is InChI=1S/C20H24N4O4/c21-23-19-5-1-17(2-6-19)15-27-13-11-25-9-10-26-12-14-28-16-18-3-7-20(24-22)8-4-18/h1-8H,9-16H2/q+2. The quantitative estimate of drug-likeness (QED) is 0.375. The molecule has 0 heterocycles. The topological polar surface area (TPSA) is 93.2 Å². The van der Waals surface area contributed by atoms with Gasteiger partial charge in [0.25, 0.3) is 0 Å². The summed E-state index contributed by atoms with van der Waals surface area (Å²) in [7, 11) is 0. The molecule has 0 aliphatic rings. The number of hydrogen-bond donors (Lipinski definition) is 0. The Morgan fingerprint density at radius 2 is 0.821 bits per heavy atom. The number of rotatable bonds is 13. The highest BCUT2D eigenvalue weighted by atomic mass is 16.6. The first-order valence-corrected chi connectivity index (χ1v) is 9.01. The number of hydrogen-bond acceptors (Lipinski definition) is 6. The van der Waals surface area contributed by atoms with Crippen molar-refractivity contribution in [1.82, 2.24) is 0 Å². The van der Waals surface area contributed by atoms with E-state index in [1.54, 1.807) is 24.3 Å². The van der Waals surface area contributed by atoms with Crippen LogP contribution in [0.2, 0.25) is 0 Å². The molecule has 0 atom stereocenters. The molecule has 8 heteroatoms. The summed E-state index contributed by atoms with van der Waals surface area (Å²) in [5.74, 6) is 0. The lowest BCUT2D eigenvalue weighted by atomic mass is 10.2. The third-order valence-electron chi connectivity index (χ3n) is 3.76. The fraction of sp³-hybridized carbons (Fsp3) is 0.400. The lowest BCUT2D eigenvalue weighted by Gasteiger charge is -2.07. The van der Waals surface area contributed by atoms with E-state index in [4.69, 9.17) is 29.7 Å². The molecule has 2 aromatic carbocycles. The van der Waals surface area contributed by atoms with Crippen LogP contribution < -0.4 is 0 Å². The average Bonchev–Trinajstić information content (AvgIpc) is 2.75. The lowest BCUT2D eigenvalue weighted by Crippen LogP contribution is -2.11. The summed E-state index contributed by atoms with van der Waals surface area (Å²) in [6.45, 7) is 3.97. The minimum Gasteiger partial charge on any atom is -0.377 e. The van der Waals surface area contributed by atoms with Gasteiger partial charge < -0.3 is 18.9 Å². The highest BCUT2D eigenvalue weighted by Crippen LogP contribution is 2.13. The van der Waals surface area contributed by atoms with Gasteiger partial charge >= 0.3 is 11.4 Å². The molecule has 0 unspecified atom stereocenters. The van der Waals surface area contributed by atoms with Crippen molar-refractivity contribution in [2.24, 2.45) is 0 Å². The van der Waals surface area contributed by atoms with Crippen LogP contribution in [0.3, 0.4) is 0 Å². The predicted octanol–water partition coefficient (Wildman–Crippen LogP) is 4.42. The van der Waals surface area contributed by atoms with Gasteiger partial charge in [0.15, 0.2) is 9.95 Å². The van der Waals surface area contributed by atoms with Gasteiger partial charge in [0, 0.05) is 24.3 Å². The Morgan fingerprint density at radius 3 is 1.14 bits per heavy atom. The highest BCUT2D eigenvalue weighted by Gasteiger charge is 2.03. The Bertz CT molecular complexity index is 699. The third kappa shape index (κ3) is 8.67. The summed E-state index contributed by atoms with van der Waals surface area (Å²) in [6, 6.07) is 14.3. The summed E-state index contributed by atoms with van der Waals surface area (Å²) in [5.41, 5.74) is 3.06. The molecule has 2 aromatic rings. The minimum atomic E-state index is 0.487. The maximum Gasteiger partial charge on any atom is 0.385 e. The highest BCUT2D eigenvalue weighted by molar-refractivity contribution is 5.45. The number of nitrogens with zero attached hydrogens (tertiary/aromatic N) is 4. The van der Waals surface area contributed by atoms with Gasteiger partial charge in [0.1, 0.15) is 0 Å². The molecule has 0 N–H and O–H groups in total. The number of diazo groups is 2. The molecule has 0 amide bonds. The van der Waals surface area contributed by atoms with Crippen LogP contribution in [0.4, 0.5) is 11.4 Å². The molecular formula is C20H24N4O4+2. The first-order valence-electron chi connectivity index (χ1n) is 9.01. The molecule has 0 radical (unpaired) electrons. The first kappa shape index (κ1) is 21.4. The van der Waals surface area contributed by atoms with E-state index in [9.17, 15) is 0 Å². The molecule has 0 aromatic heterocycles. The Hall–Kier alpha value is -2.88. The average molecular weight is 384 g/mol. The van der Waals surface area contributed by atoms with E-state index in [0.717, 1.165) is 11.1 Å². The van der Waals surface area contributed by atoms with Crippen LogP contribution in [0.15, 0.2) is 48.5 Å². The second kappa shape index (κ2) is 13.3. The normalized spacial score (nSPS) is 10.4. The Kier molecular flexibility index (Phi) is 10.2. The van der Waals surface area contributed by atoms with Gasteiger partial charge in [0.05, 0.1) is 52.9 Å². The summed E-state index contributed by atoms with van der Waals surface area (Å²) >= 11 is 0. The van der Waals surface area contributed by atoms with E-state index < -0.39 is 0 Å². The van der Waals surface area contributed by atoms with Crippen LogP contribution in [0.25, 0.3) is 9.95 Å². The SMILES string of the molecule is N#[N+]c1ccc(COCCOCCOCCOCc2ccc([N+]#N)cc2)cc1. The molecule has 146 valence electrons. The van der Waals surface area contributed by atoms with E-state index in [2.05, 4.69) is 9.95 Å². The summed E-state index contributed by atoms with van der Waals surface area (Å²) < 4.78 is 21.9. The van der Waals surface area contributed by atoms with Crippen molar-refractivity contribution in [3.63, 3.8) is 0 Å². The van der Waals surface area contributed by atoms with E-state index in [0.29, 0.717) is 64.2 Å².